The third kappa shape index (κ3) is 7.80. The molecule has 0 spiro atoms. The first-order valence-corrected chi connectivity index (χ1v) is 10.6. The zero-order valence-corrected chi connectivity index (χ0v) is 19.8. The average molecular weight is 443 g/mol. The summed E-state index contributed by atoms with van der Waals surface area (Å²) < 4.78 is 16.2. The normalized spacial score (nSPS) is 11.9. The summed E-state index contributed by atoms with van der Waals surface area (Å²) in [6.45, 7) is 7.65. The van der Waals surface area contributed by atoms with Gasteiger partial charge in [-0.25, -0.2) is 0 Å². The first-order chi connectivity index (χ1) is 15.1. The summed E-state index contributed by atoms with van der Waals surface area (Å²) >= 11 is 0. The predicted molar refractivity (Wildman–Crippen MR) is 124 cm³/mol. The van der Waals surface area contributed by atoms with Gasteiger partial charge in [-0.2, -0.15) is 0 Å². The van der Waals surface area contributed by atoms with Gasteiger partial charge in [-0.3, -0.25) is 9.59 Å². The SMILES string of the molecule is COc1cc(OC)cc(OCC(=O)N(CCc2ccccc2)C(C)C(=O)NC(C)(C)C)c1. The maximum Gasteiger partial charge on any atom is 0.261 e. The zero-order valence-electron chi connectivity index (χ0n) is 19.8. The Bertz CT molecular complexity index is 871. The van der Waals surface area contributed by atoms with Crippen molar-refractivity contribution < 1.29 is 23.8 Å². The van der Waals surface area contributed by atoms with Crippen molar-refractivity contribution >= 4 is 11.8 Å². The summed E-state index contributed by atoms with van der Waals surface area (Å²) in [4.78, 5) is 27.5. The molecule has 0 aromatic heterocycles. The van der Waals surface area contributed by atoms with Gasteiger partial charge in [0.1, 0.15) is 23.3 Å². The quantitative estimate of drug-likeness (QED) is 0.610. The molecule has 0 saturated heterocycles. The van der Waals surface area contributed by atoms with Crippen molar-refractivity contribution in [3.63, 3.8) is 0 Å². The zero-order chi connectivity index (χ0) is 23.7. The summed E-state index contributed by atoms with van der Waals surface area (Å²) in [6.07, 6.45) is 0.632. The second-order valence-corrected chi connectivity index (χ2v) is 8.57. The molecular weight excluding hydrogens is 408 g/mol. The van der Waals surface area contributed by atoms with Gasteiger partial charge in [-0.05, 0) is 39.7 Å². The third-order valence-corrected chi connectivity index (χ3v) is 4.84. The molecule has 0 aliphatic heterocycles. The van der Waals surface area contributed by atoms with Crippen LogP contribution in [0.4, 0.5) is 0 Å². The second-order valence-electron chi connectivity index (χ2n) is 8.57. The maximum absolute atomic E-state index is 13.1. The van der Waals surface area contributed by atoms with Crippen molar-refractivity contribution in [2.75, 3.05) is 27.4 Å². The standard InChI is InChI=1S/C25H34N2O5/c1-18(24(29)26-25(2,3)4)27(13-12-19-10-8-7-9-11-19)23(28)17-32-22-15-20(30-5)14-21(16-22)31-6/h7-11,14-16,18H,12-13,17H2,1-6H3,(H,26,29). The van der Waals surface area contributed by atoms with Gasteiger partial charge in [-0.15, -0.1) is 0 Å². The molecule has 1 unspecified atom stereocenters. The number of rotatable bonds is 10. The van der Waals surface area contributed by atoms with Crippen LogP contribution >= 0.6 is 0 Å². The van der Waals surface area contributed by atoms with Gasteiger partial charge in [-0.1, -0.05) is 30.3 Å². The molecule has 32 heavy (non-hydrogen) atoms. The first kappa shape index (κ1) is 25.0. The molecule has 2 aromatic carbocycles. The minimum Gasteiger partial charge on any atom is -0.496 e. The Kier molecular flexibility index (Phi) is 8.93. The van der Waals surface area contributed by atoms with Crippen molar-refractivity contribution in [3.05, 3.63) is 54.1 Å². The smallest absolute Gasteiger partial charge is 0.261 e. The van der Waals surface area contributed by atoms with Crippen LogP contribution in [0, 0.1) is 0 Å². The molecule has 0 radical (unpaired) electrons. The fourth-order valence-corrected chi connectivity index (χ4v) is 3.14. The van der Waals surface area contributed by atoms with Crippen LogP contribution in [0.25, 0.3) is 0 Å². The van der Waals surface area contributed by atoms with Crippen LogP contribution in [0.3, 0.4) is 0 Å². The van der Waals surface area contributed by atoms with E-state index in [1.165, 1.54) is 0 Å². The third-order valence-electron chi connectivity index (χ3n) is 4.84. The molecule has 0 bridgehead atoms. The number of hydrogen-bond donors (Lipinski definition) is 1. The number of hydrogen-bond acceptors (Lipinski definition) is 5. The minimum absolute atomic E-state index is 0.207. The van der Waals surface area contributed by atoms with Crippen molar-refractivity contribution in [2.24, 2.45) is 0 Å². The van der Waals surface area contributed by atoms with E-state index in [4.69, 9.17) is 14.2 Å². The highest BCUT2D eigenvalue weighted by Gasteiger charge is 2.28. The Morgan fingerprint density at radius 3 is 2.06 bits per heavy atom. The summed E-state index contributed by atoms with van der Waals surface area (Å²) in [5, 5.41) is 2.95. The number of carbonyl (C=O) groups excluding carboxylic acids is 2. The van der Waals surface area contributed by atoms with E-state index in [0.29, 0.717) is 30.2 Å². The van der Waals surface area contributed by atoms with Crippen LogP contribution in [-0.4, -0.2) is 55.7 Å². The van der Waals surface area contributed by atoms with Gasteiger partial charge in [0.25, 0.3) is 5.91 Å². The monoisotopic (exact) mass is 442 g/mol. The molecule has 2 aromatic rings. The van der Waals surface area contributed by atoms with Crippen LogP contribution in [0.1, 0.15) is 33.3 Å². The van der Waals surface area contributed by atoms with Gasteiger partial charge >= 0.3 is 0 Å². The van der Waals surface area contributed by atoms with E-state index in [9.17, 15) is 9.59 Å². The number of nitrogens with zero attached hydrogens (tertiary/aromatic N) is 1. The number of nitrogens with one attached hydrogen (secondary N) is 1. The van der Waals surface area contributed by atoms with Gasteiger partial charge < -0.3 is 24.4 Å². The van der Waals surface area contributed by atoms with Crippen LogP contribution in [0.2, 0.25) is 0 Å². The number of ether oxygens (including phenoxy) is 3. The average Bonchev–Trinajstić information content (AvgIpc) is 2.76. The number of amides is 2. The van der Waals surface area contributed by atoms with E-state index in [1.54, 1.807) is 44.2 Å². The topological polar surface area (TPSA) is 77.1 Å². The van der Waals surface area contributed by atoms with E-state index >= 15 is 0 Å². The molecular formula is C25H34N2O5. The van der Waals surface area contributed by atoms with Crippen LogP contribution in [-0.2, 0) is 16.0 Å². The largest absolute Gasteiger partial charge is 0.496 e. The summed E-state index contributed by atoms with van der Waals surface area (Å²) in [6, 6.07) is 14.3. The highest BCUT2D eigenvalue weighted by atomic mass is 16.5. The van der Waals surface area contributed by atoms with Crippen LogP contribution < -0.4 is 19.5 Å². The molecule has 2 amide bonds. The van der Waals surface area contributed by atoms with Crippen molar-refractivity contribution in [1.82, 2.24) is 10.2 Å². The van der Waals surface area contributed by atoms with Crippen molar-refractivity contribution in [1.29, 1.82) is 0 Å². The van der Waals surface area contributed by atoms with Gasteiger partial charge in [0, 0.05) is 30.3 Å². The lowest BCUT2D eigenvalue weighted by Crippen LogP contribution is -2.53. The Labute approximate surface area is 190 Å². The summed E-state index contributed by atoms with van der Waals surface area (Å²) in [7, 11) is 3.09. The summed E-state index contributed by atoms with van der Waals surface area (Å²) in [5.74, 6) is 1.09. The Hall–Kier alpha value is -3.22. The minimum atomic E-state index is -0.645. The maximum atomic E-state index is 13.1. The fourth-order valence-electron chi connectivity index (χ4n) is 3.14. The van der Waals surface area contributed by atoms with E-state index in [0.717, 1.165) is 5.56 Å². The van der Waals surface area contributed by atoms with Crippen LogP contribution in [0.5, 0.6) is 17.2 Å². The van der Waals surface area contributed by atoms with Gasteiger partial charge in [0.15, 0.2) is 6.61 Å². The molecule has 0 aliphatic carbocycles. The predicted octanol–water partition coefficient (Wildman–Crippen LogP) is 3.46. The Morgan fingerprint density at radius 1 is 0.969 bits per heavy atom. The molecule has 1 N–H and O–H groups in total. The van der Waals surface area contributed by atoms with Gasteiger partial charge in [0.2, 0.25) is 5.91 Å². The number of methoxy groups -OCH3 is 2. The lowest BCUT2D eigenvalue weighted by Gasteiger charge is -2.31. The molecule has 0 heterocycles. The summed E-state index contributed by atoms with van der Waals surface area (Å²) in [5.41, 5.74) is 0.694. The lowest BCUT2D eigenvalue weighted by atomic mass is 10.1. The van der Waals surface area contributed by atoms with Crippen LogP contribution in [0.15, 0.2) is 48.5 Å². The molecule has 1 atom stereocenters. The van der Waals surface area contributed by atoms with Gasteiger partial charge in [0.05, 0.1) is 14.2 Å². The highest BCUT2D eigenvalue weighted by molar-refractivity contribution is 5.88. The highest BCUT2D eigenvalue weighted by Crippen LogP contribution is 2.27. The molecule has 2 rings (SSSR count). The molecule has 0 saturated carbocycles. The van der Waals surface area contributed by atoms with E-state index in [-0.39, 0.29) is 18.4 Å². The fraction of sp³-hybridized carbons (Fsp3) is 0.440. The van der Waals surface area contributed by atoms with Crippen molar-refractivity contribution in [2.45, 2.75) is 45.7 Å². The second kappa shape index (κ2) is 11.4. The molecule has 0 fully saturated rings. The lowest BCUT2D eigenvalue weighted by molar-refractivity contribution is -0.142. The first-order valence-electron chi connectivity index (χ1n) is 10.6. The van der Waals surface area contributed by atoms with E-state index < -0.39 is 11.6 Å². The Morgan fingerprint density at radius 2 is 1.53 bits per heavy atom. The number of benzene rings is 2. The molecule has 174 valence electrons. The molecule has 7 nitrogen and oxygen atoms in total. The van der Waals surface area contributed by atoms with E-state index in [2.05, 4.69) is 5.32 Å². The number of carbonyl (C=O) groups is 2. The van der Waals surface area contributed by atoms with E-state index in [1.807, 2.05) is 51.1 Å². The molecule has 0 aliphatic rings. The Balaban J connectivity index is 2.14. The molecule has 7 heteroatoms. The van der Waals surface area contributed by atoms with Crippen molar-refractivity contribution in [3.8, 4) is 17.2 Å².